The lowest BCUT2D eigenvalue weighted by molar-refractivity contribution is -0.145. The van der Waals surface area contributed by atoms with Crippen molar-refractivity contribution in [2.24, 2.45) is 0 Å². The van der Waals surface area contributed by atoms with Crippen LogP contribution in [0.1, 0.15) is 5.01 Å². The molecule has 0 saturated carbocycles. The molecule has 1 aromatic heterocycles. The van der Waals surface area contributed by atoms with E-state index >= 15 is 0 Å². The average molecular weight is 474 g/mol. The van der Waals surface area contributed by atoms with E-state index in [-0.39, 0.29) is 5.75 Å². The van der Waals surface area contributed by atoms with E-state index in [1.54, 1.807) is 29.5 Å². The summed E-state index contributed by atoms with van der Waals surface area (Å²) in [4.78, 5) is 40.2. The van der Waals surface area contributed by atoms with Crippen LogP contribution in [0.3, 0.4) is 0 Å². The Morgan fingerprint density at radius 1 is 1.09 bits per heavy atom. The van der Waals surface area contributed by atoms with Crippen molar-refractivity contribution in [1.82, 2.24) is 10.3 Å². The number of anilines is 1. The van der Waals surface area contributed by atoms with E-state index in [0.29, 0.717) is 36.2 Å². The minimum atomic E-state index is -0.743. The Balaban J connectivity index is 1.15. The Kier molecular flexibility index (Phi) is 7.07. The van der Waals surface area contributed by atoms with Gasteiger partial charge in [-0.25, -0.2) is 9.78 Å². The first-order valence-corrected chi connectivity index (χ1v) is 11.6. The number of carbonyl (C=O) groups excluding carboxylic acids is 3. The second kappa shape index (κ2) is 10.3. The van der Waals surface area contributed by atoms with Gasteiger partial charge in [0.1, 0.15) is 18.2 Å². The number of carbonyl (C=O) groups is 3. The lowest BCUT2D eigenvalue weighted by Gasteiger charge is -2.19. The summed E-state index contributed by atoms with van der Waals surface area (Å²) in [5.41, 5.74) is 1.37. The number of urea groups is 1. The predicted octanol–water partition coefficient (Wildman–Crippen LogP) is 3.19. The lowest BCUT2D eigenvalue weighted by Crippen LogP contribution is -2.37. The minimum Gasteiger partial charge on any atom is -0.486 e. The normalized spacial score (nSPS) is 12.2. The van der Waals surface area contributed by atoms with Gasteiger partial charge in [-0.1, -0.05) is 12.1 Å². The molecule has 0 bridgehead atoms. The van der Waals surface area contributed by atoms with E-state index in [4.69, 9.17) is 14.2 Å². The third-order valence-electron chi connectivity index (χ3n) is 4.20. The van der Waals surface area contributed by atoms with Crippen LogP contribution in [0.2, 0.25) is 0 Å². The van der Waals surface area contributed by atoms with Crippen LogP contribution >= 0.6 is 23.1 Å². The minimum absolute atomic E-state index is 0.0760. The third-order valence-corrected chi connectivity index (χ3v) is 6.34. The molecule has 0 aliphatic carbocycles. The molecule has 11 heteroatoms. The Bertz CT molecular complexity index is 1120. The lowest BCUT2D eigenvalue weighted by atomic mass is 10.2. The van der Waals surface area contributed by atoms with Crippen molar-refractivity contribution in [3.05, 3.63) is 47.5 Å². The summed E-state index contributed by atoms with van der Waals surface area (Å²) in [6.45, 7) is 0.342. The van der Waals surface area contributed by atoms with E-state index < -0.39 is 24.5 Å². The Morgan fingerprint density at radius 2 is 1.91 bits per heavy atom. The zero-order valence-electron chi connectivity index (χ0n) is 16.8. The van der Waals surface area contributed by atoms with Gasteiger partial charge in [-0.15, -0.1) is 23.1 Å². The van der Waals surface area contributed by atoms with Crippen molar-refractivity contribution in [1.29, 1.82) is 0 Å². The summed E-state index contributed by atoms with van der Waals surface area (Å²) < 4.78 is 16.9. The van der Waals surface area contributed by atoms with E-state index in [2.05, 4.69) is 15.6 Å². The molecule has 3 aromatic rings. The molecule has 1 aliphatic heterocycles. The largest absolute Gasteiger partial charge is 0.486 e. The molecule has 32 heavy (non-hydrogen) atoms. The highest BCUT2D eigenvalue weighted by molar-refractivity contribution is 7.99. The van der Waals surface area contributed by atoms with E-state index in [0.717, 1.165) is 15.2 Å². The summed E-state index contributed by atoms with van der Waals surface area (Å²) in [5, 5.41) is 5.54. The summed E-state index contributed by atoms with van der Waals surface area (Å²) in [7, 11) is 0. The first-order chi connectivity index (χ1) is 15.6. The van der Waals surface area contributed by atoms with E-state index in [1.807, 2.05) is 24.3 Å². The molecule has 4 rings (SSSR count). The maximum atomic E-state index is 12.0. The third kappa shape index (κ3) is 5.89. The van der Waals surface area contributed by atoms with Crippen LogP contribution in [0, 0.1) is 0 Å². The molecule has 3 amide bonds. The van der Waals surface area contributed by atoms with Gasteiger partial charge in [0.25, 0.3) is 5.91 Å². The SMILES string of the molecule is O=C(COC(=O)CSCc1nc2ccccc2s1)NC(=O)Nc1ccc2c(c1)OCCO2. The number of amides is 3. The molecule has 9 nitrogen and oxygen atoms in total. The second-order valence-corrected chi connectivity index (χ2v) is 8.69. The number of benzene rings is 2. The fourth-order valence-electron chi connectivity index (χ4n) is 2.84. The van der Waals surface area contributed by atoms with Crippen molar-refractivity contribution >= 4 is 56.9 Å². The molecule has 0 atom stereocenters. The number of esters is 1. The zero-order chi connectivity index (χ0) is 22.3. The Hall–Kier alpha value is -3.31. The fraction of sp³-hybridized carbons (Fsp3) is 0.238. The van der Waals surface area contributed by atoms with Crippen LogP contribution in [-0.2, 0) is 20.1 Å². The number of hydrogen-bond acceptors (Lipinski definition) is 9. The van der Waals surface area contributed by atoms with Gasteiger partial charge in [-0.2, -0.15) is 0 Å². The molecule has 0 radical (unpaired) electrons. The first kappa shape index (κ1) is 21.9. The van der Waals surface area contributed by atoms with Crippen molar-refractivity contribution < 1.29 is 28.6 Å². The van der Waals surface area contributed by atoms with E-state index in [1.165, 1.54) is 11.8 Å². The molecule has 0 saturated heterocycles. The maximum Gasteiger partial charge on any atom is 0.325 e. The number of ether oxygens (including phenoxy) is 3. The number of aromatic nitrogens is 1. The summed E-state index contributed by atoms with van der Waals surface area (Å²) in [5.74, 6) is 0.470. The number of nitrogens with one attached hydrogen (secondary N) is 2. The highest BCUT2D eigenvalue weighted by atomic mass is 32.2. The van der Waals surface area contributed by atoms with Gasteiger partial charge in [-0.3, -0.25) is 14.9 Å². The highest BCUT2D eigenvalue weighted by Gasteiger charge is 2.15. The van der Waals surface area contributed by atoms with Crippen molar-refractivity contribution in [3.63, 3.8) is 0 Å². The Morgan fingerprint density at radius 3 is 2.75 bits per heavy atom. The van der Waals surface area contributed by atoms with Gasteiger partial charge >= 0.3 is 12.0 Å². The number of thioether (sulfide) groups is 1. The molecule has 0 fully saturated rings. The molecule has 1 aliphatic rings. The smallest absolute Gasteiger partial charge is 0.325 e. The topological polar surface area (TPSA) is 116 Å². The Labute approximate surface area is 191 Å². The molecule has 2 aromatic carbocycles. The molecule has 0 spiro atoms. The molecule has 2 heterocycles. The standard InChI is InChI=1S/C21H19N3O6S2/c25-18(24-21(27)22-13-5-6-15-16(9-13)29-8-7-28-15)10-30-20(26)12-31-11-19-23-14-3-1-2-4-17(14)32-19/h1-6,9H,7-8,10-12H2,(H2,22,24,25,27). The van der Waals surface area contributed by atoms with Crippen LogP contribution in [0.25, 0.3) is 10.2 Å². The average Bonchev–Trinajstić information content (AvgIpc) is 3.20. The zero-order valence-corrected chi connectivity index (χ0v) is 18.4. The number of rotatable bonds is 7. The van der Waals surface area contributed by atoms with Gasteiger partial charge in [-0.05, 0) is 24.3 Å². The quantitative estimate of drug-likeness (QED) is 0.503. The molecular weight excluding hydrogens is 454 g/mol. The maximum absolute atomic E-state index is 12.0. The summed E-state index contributed by atoms with van der Waals surface area (Å²) in [6.07, 6.45) is 0. The van der Waals surface area contributed by atoms with Crippen molar-refractivity contribution in [2.75, 3.05) is 30.9 Å². The van der Waals surface area contributed by atoms with Crippen molar-refractivity contribution in [3.8, 4) is 11.5 Å². The molecule has 2 N–H and O–H groups in total. The molecule has 166 valence electrons. The molecule has 0 unspecified atom stereocenters. The van der Waals surface area contributed by atoms with Gasteiger partial charge in [0.2, 0.25) is 0 Å². The number of fused-ring (bicyclic) bond motifs is 2. The van der Waals surface area contributed by atoms with Crippen LogP contribution < -0.4 is 20.1 Å². The number of thiazole rings is 1. The second-order valence-electron chi connectivity index (χ2n) is 6.59. The van der Waals surface area contributed by atoms with Crippen molar-refractivity contribution in [2.45, 2.75) is 5.75 Å². The number of para-hydroxylation sites is 1. The summed E-state index contributed by atoms with van der Waals surface area (Å²) >= 11 is 2.92. The monoisotopic (exact) mass is 473 g/mol. The highest BCUT2D eigenvalue weighted by Crippen LogP contribution is 2.32. The number of nitrogens with zero attached hydrogens (tertiary/aromatic N) is 1. The van der Waals surface area contributed by atoms with Crippen LogP contribution in [0.15, 0.2) is 42.5 Å². The fourth-order valence-corrected chi connectivity index (χ4v) is 4.68. The summed E-state index contributed by atoms with van der Waals surface area (Å²) in [6, 6.07) is 12.0. The number of imide groups is 1. The number of hydrogen-bond donors (Lipinski definition) is 2. The van der Waals surface area contributed by atoms with Gasteiger partial charge in [0.05, 0.1) is 16.0 Å². The van der Waals surface area contributed by atoms with Gasteiger partial charge in [0, 0.05) is 17.5 Å². The van der Waals surface area contributed by atoms with Crippen LogP contribution in [0.5, 0.6) is 11.5 Å². The first-order valence-electron chi connectivity index (χ1n) is 9.65. The van der Waals surface area contributed by atoms with Crippen LogP contribution in [0.4, 0.5) is 10.5 Å². The van der Waals surface area contributed by atoms with Gasteiger partial charge < -0.3 is 19.5 Å². The predicted molar refractivity (Wildman–Crippen MR) is 121 cm³/mol. The molecular formula is C21H19N3O6S2. The van der Waals surface area contributed by atoms with E-state index in [9.17, 15) is 14.4 Å². The van der Waals surface area contributed by atoms with Gasteiger partial charge in [0.15, 0.2) is 18.1 Å². The van der Waals surface area contributed by atoms with Crippen LogP contribution in [-0.4, -0.2) is 48.5 Å².